The zero-order valence-electron chi connectivity index (χ0n) is 8.28. The summed E-state index contributed by atoms with van der Waals surface area (Å²) in [5, 5.41) is 9.38. The van der Waals surface area contributed by atoms with Gasteiger partial charge in [0.05, 0.1) is 5.02 Å². The van der Waals surface area contributed by atoms with Crippen LogP contribution >= 0.6 is 23.2 Å². The lowest BCUT2D eigenvalue weighted by Gasteiger charge is -2.05. The zero-order valence-corrected chi connectivity index (χ0v) is 9.80. The summed E-state index contributed by atoms with van der Waals surface area (Å²) in [7, 11) is 0. The Balaban J connectivity index is 2.69. The molecule has 0 saturated heterocycles. The fourth-order valence-corrected chi connectivity index (χ4v) is 1.69. The first-order valence-corrected chi connectivity index (χ1v) is 5.25. The number of hydrogen-bond acceptors (Lipinski definition) is 3. The largest absolute Gasteiger partial charge is 0.233 e. The van der Waals surface area contributed by atoms with Crippen molar-refractivity contribution < 1.29 is 4.39 Å². The monoisotopic (exact) mass is 267 g/mol. The van der Waals surface area contributed by atoms with Crippen LogP contribution in [0.3, 0.4) is 0 Å². The molecule has 0 fully saturated rings. The summed E-state index contributed by atoms with van der Waals surface area (Å²) in [6, 6.07) is 6.24. The van der Waals surface area contributed by atoms with Crippen molar-refractivity contribution in [1.82, 2.24) is 9.97 Å². The van der Waals surface area contributed by atoms with Gasteiger partial charge in [-0.25, -0.2) is 14.4 Å². The Kier molecular flexibility index (Phi) is 3.23. The van der Waals surface area contributed by atoms with E-state index in [9.17, 15) is 4.39 Å². The van der Waals surface area contributed by atoms with Crippen LogP contribution in [0, 0.1) is 17.1 Å². The van der Waals surface area contributed by atoms with Crippen molar-refractivity contribution in [2.24, 2.45) is 0 Å². The Bertz CT molecular complexity index is 623. The van der Waals surface area contributed by atoms with Gasteiger partial charge < -0.3 is 0 Å². The van der Waals surface area contributed by atoms with E-state index in [4.69, 9.17) is 28.5 Å². The Morgan fingerprint density at radius 3 is 2.71 bits per heavy atom. The lowest BCUT2D eigenvalue weighted by atomic mass is 10.1. The van der Waals surface area contributed by atoms with Crippen LogP contribution < -0.4 is 0 Å². The number of nitriles is 1. The Morgan fingerprint density at radius 1 is 1.24 bits per heavy atom. The second-order valence-corrected chi connectivity index (χ2v) is 3.96. The molecule has 0 unspecified atom stereocenters. The van der Waals surface area contributed by atoms with E-state index in [1.165, 1.54) is 12.1 Å². The van der Waals surface area contributed by atoms with Crippen LogP contribution in [0.2, 0.25) is 10.0 Å². The van der Waals surface area contributed by atoms with Gasteiger partial charge in [0.15, 0.2) is 11.5 Å². The molecule has 0 aliphatic heterocycles. The Labute approximate surface area is 106 Å². The first kappa shape index (κ1) is 11.8. The summed E-state index contributed by atoms with van der Waals surface area (Å²) in [6.45, 7) is 0. The second-order valence-electron chi connectivity index (χ2n) is 3.12. The third-order valence-electron chi connectivity index (χ3n) is 2.08. The molecule has 0 aliphatic rings. The molecule has 6 heteroatoms. The summed E-state index contributed by atoms with van der Waals surface area (Å²) in [6.07, 6.45) is 1.11. The third kappa shape index (κ3) is 2.21. The van der Waals surface area contributed by atoms with Crippen LogP contribution in [0.25, 0.3) is 11.3 Å². The molecule has 1 aromatic carbocycles. The van der Waals surface area contributed by atoms with Crippen molar-refractivity contribution in [3.05, 3.63) is 46.1 Å². The molecular weight excluding hydrogens is 264 g/mol. The topological polar surface area (TPSA) is 49.6 Å². The predicted octanol–water partition coefficient (Wildman–Crippen LogP) is 3.46. The van der Waals surface area contributed by atoms with Gasteiger partial charge in [0, 0.05) is 10.6 Å². The van der Waals surface area contributed by atoms with Gasteiger partial charge >= 0.3 is 0 Å². The molecule has 2 aromatic rings. The van der Waals surface area contributed by atoms with Crippen LogP contribution in [-0.4, -0.2) is 9.97 Å². The number of aromatic nitrogens is 2. The fourth-order valence-electron chi connectivity index (χ4n) is 1.31. The van der Waals surface area contributed by atoms with E-state index in [2.05, 4.69) is 9.97 Å². The van der Waals surface area contributed by atoms with Gasteiger partial charge in [0.25, 0.3) is 0 Å². The molecule has 3 nitrogen and oxygen atoms in total. The average Bonchev–Trinajstić information content (AvgIpc) is 2.33. The Morgan fingerprint density at radius 2 is 2.00 bits per heavy atom. The van der Waals surface area contributed by atoms with E-state index < -0.39 is 5.82 Å². The molecule has 1 aromatic heterocycles. The highest BCUT2D eigenvalue weighted by molar-refractivity contribution is 6.35. The summed E-state index contributed by atoms with van der Waals surface area (Å²) >= 11 is 11.7. The van der Waals surface area contributed by atoms with E-state index in [1.54, 1.807) is 12.1 Å². The molecule has 2 rings (SSSR count). The zero-order chi connectivity index (χ0) is 12.4. The van der Waals surface area contributed by atoms with Crippen LogP contribution in [0.15, 0.2) is 24.5 Å². The number of hydrogen-bond donors (Lipinski definition) is 0. The highest BCUT2D eigenvalue weighted by Gasteiger charge is 2.15. The number of rotatable bonds is 1. The van der Waals surface area contributed by atoms with Gasteiger partial charge in [0.2, 0.25) is 0 Å². The molecule has 0 spiro atoms. The maximum Gasteiger partial charge on any atom is 0.185 e. The summed E-state index contributed by atoms with van der Waals surface area (Å²) in [5.41, 5.74) is -0.0364. The van der Waals surface area contributed by atoms with Crippen molar-refractivity contribution in [1.29, 1.82) is 5.26 Å². The maximum atomic E-state index is 13.8. The van der Waals surface area contributed by atoms with E-state index in [1.807, 2.05) is 0 Å². The van der Waals surface area contributed by atoms with Gasteiger partial charge in [-0.15, -0.1) is 0 Å². The smallest absolute Gasteiger partial charge is 0.185 e. The average molecular weight is 268 g/mol. The first-order valence-electron chi connectivity index (χ1n) is 4.49. The molecule has 84 valence electrons. The summed E-state index contributed by atoms with van der Waals surface area (Å²) in [4.78, 5) is 7.29. The van der Waals surface area contributed by atoms with Crippen LogP contribution in [-0.2, 0) is 0 Å². The highest BCUT2D eigenvalue weighted by Crippen LogP contribution is 2.31. The molecule has 0 radical (unpaired) electrons. The lowest BCUT2D eigenvalue weighted by Crippen LogP contribution is -1.97. The van der Waals surface area contributed by atoms with Crippen LogP contribution in [0.4, 0.5) is 4.39 Å². The molecule has 17 heavy (non-hydrogen) atoms. The van der Waals surface area contributed by atoms with E-state index in [-0.39, 0.29) is 11.4 Å². The van der Waals surface area contributed by atoms with E-state index in [0.29, 0.717) is 15.6 Å². The first-order chi connectivity index (χ1) is 8.13. The summed E-state index contributed by atoms with van der Waals surface area (Å²) < 4.78 is 13.8. The van der Waals surface area contributed by atoms with Gasteiger partial charge in [-0.05, 0) is 18.2 Å². The molecule has 0 aliphatic carbocycles. The van der Waals surface area contributed by atoms with Crippen molar-refractivity contribution in [2.45, 2.75) is 0 Å². The number of halogens is 3. The minimum absolute atomic E-state index is 0.0379. The van der Waals surface area contributed by atoms with E-state index in [0.717, 1.165) is 6.33 Å². The minimum Gasteiger partial charge on any atom is -0.233 e. The third-order valence-corrected chi connectivity index (χ3v) is 2.64. The molecule has 0 N–H and O–H groups in total. The Hall–Kier alpha value is -1.70. The SMILES string of the molecule is N#Cc1ncnc(-c2cc(Cl)ccc2Cl)c1F. The van der Waals surface area contributed by atoms with E-state index >= 15 is 0 Å². The maximum absolute atomic E-state index is 13.8. The van der Waals surface area contributed by atoms with Crippen molar-refractivity contribution >= 4 is 23.2 Å². The number of nitrogens with zero attached hydrogens (tertiary/aromatic N) is 3. The molecule has 1 heterocycles. The van der Waals surface area contributed by atoms with Crippen molar-refractivity contribution in [3.63, 3.8) is 0 Å². The normalized spacial score (nSPS) is 10.0. The lowest BCUT2D eigenvalue weighted by molar-refractivity contribution is 0.613. The van der Waals surface area contributed by atoms with Gasteiger partial charge in [0.1, 0.15) is 18.1 Å². The van der Waals surface area contributed by atoms with Gasteiger partial charge in [-0.1, -0.05) is 23.2 Å². The summed E-state index contributed by atoms with van der Waals surface area (Å²) in [5.74, 6) is -0.806. The molecule has 0 bridgehead atoms. The fraction of sp³-hybridized carbons (Fsp3) is 0. The minimum atomic E-state index is -0.806. The van der Waals surface area contributed by atoms with Crippen LogP contribution in [0.1, 0.15) is 5.69 Å². The predicted molar refractivity (Wildman–Crippen MR) is 62.2 cm³/mol. The van der Waals surface area contributed by atoms with Gasteiger partial charge in [-0.3, -0.25) is 0 Å². The number of benzene rings is 1. The van der Waals surface area contributed by atoms with Gasteiger partial charge in [-0.2, -0.15) is 5.26 Å². The molecule has 0 atom stereocenters. The van der Waals surface area contributed by atoms with Crippen molar-refractivity contribution in [2.75, 3.05) is 0 Å². The second kappa shape index (κ2) is 4.66. The molecule has 0 amide bonds. The highest BCUT2D eigenvalue weighted by atomic mass is 35.5. The molecule has 0 saturated carbocycles. The quantitative estimate of drug-likeness (QED) is 0.795. The molecular formula is C11H4Cl2FN3. The van der Waals surface area contributed by atoms with Crippen molar-refractivity contribution in [3.8, 4) is 17.3 Å². The van der Waals surface area contributed by atoms with Crippen LogP contribution in [0.5, 0.6) is 0 Å². The standard InChI is InChI=1S/C11H4Cl2FN3/c12-6-1-2-8(13)7(3-6)11-10(14)9(4-15)16-5-17-11/h1-3,5H.